The number of ketones is 1. The molecule has 0 amide bonds. The molecule has 80 valence electrons. The number of methoxy groups -OCH3 is 1. The van der Waals surface area contributed by atoms with Gasteiger partial charge in [-0.15, -0.1) is 0 Å². The van der Waals surface area contributed by atoms with Crippen LogP contribution < -0.4 is 0 Å². The standard InChI is InChI=1S/C10H17NO3/c1-4-10(9(13)14-3)7-11(2)6-5-8(10)12/h4-7H2,1-3H3. The molecule has 1 aliphatic heterocycles. The molecule has 4 heteroatoms. The number of hydrogen-bond donors (Lipinski definition) is 0. The highest BCUT2D eigenvalue weighted by molar-refractivity contribution is 6.04. The van der Waals surface area contributed by atoms with E-state index in [0.29, 0.717) is 19.4 Å². The number of ether oxygens (including phenoxy) is 1. The lowest BCUT2D eigenvalue weighted by molar-refractivity contribution is -0.161. The van der Waals surface area contributed by atoms with Gasteiger partial charge in [0.05, 0.1) is 7.11 Å². The molecule has 1 saturated heterocycles. The van der Waals surface area contributed by atoms with Gasteiger partial charge in [-0.25, -0.2) is 0 Å². The average Bonchev–Trinajstić information content (AvgIpc) is 2.20. The van der Waals surface area contributed by atoms with Gasteiger partial charge in [-0.1, -0.05) is 6.92 Å². The van der Waals surface area contributed by atoms with Crippen molar-refractivity contribution in [3.63, 3.8) is 0 Å². The van der Waals surface area contributed by atoms with Gasteiger partial charge in [0.25, 0.3) is 0 Å². The van der Waals surface area contributed by atoms with Gasteiger partial charge in [0.15, 0.2) is 5.78 Å². The SMILES string of the molecule is CCC1(C(=O)OC)CN(C)CCC1=O. The van der Waals surface area contributed by atoms with Gasteiger partial charge < -0.3 is 9.64 Å². The van der Waals surface area contributed by atoms with Crippen molar-refractivity contribution in [2.45, 2.75) is 19.8 Å². The summed E-state index contributed by atoms with van der Waals surface area (Å²) in [5.41, 5.74) is -0.915. The predicted molar refractivity (Wildman–Crippen MR) is 51.9 cm³/mol. The summed E-state index contributed by atoms with van der Waals surface area (Å²) in [5, 5.41) is 0. The van der Waals surface area contributed by atoms with Crippen molar-refractivity contribution in [2.24, 2.45) is 5.41 Å². The number of Topliss-reactive ketones (excluding diaryl/α,β-unsaturated/α-hetero) is 1. The Kier molecular flexibility index (Phi) is 3.26. The molecule has 1 rings (SSSR count). The number of carbonyl (C=O) groups is 2. The summed E-state index contributed by atoms with van der Waals surface area (Å²) < 4.78 is 4.72. The van der Waals surface area contributed by atoms with Crippen molar-refractivity contribution in [2.75, 3.05) is 27.2 Å². The first kappa shape index (κ1) is 11.2. The minimum atomic E-state index is -0.915. The van der Waals surface area contributed by atoms with Crippen molar-refractivity contribution in [3.8, 4) is 0 Å². The molecule has 0 N–H and O–H groups in total. The van der Waals surface area contributed by atoms with Crippen molar-refractivity contribution in [1.82, 2.24) is 4.90 Å². The minimum Gasteiger partial charge on any atom is -0.468 e. The van der Waals surface area contributed by atoms with E-state index in [1.165, 1.54) is 7.11 Å². The smallest absolute Gasteiger partial charge is 0.320 e. The fourth-order valence-corrected chi connectivity index (χ4v) is 1.99. The molecule has 0 radical (unpaired) electrons. The van der Waals surface area contributed by atoms with Gasteiger partial charge in [0.1, 0.15) is 5.41 Å². The van der Waals surface area contributed by atoms with E-state index >= 15 is 0 Å². The zero-order valence-electron chi connectivity index (χ0n) is 9.00. The molecule has 14 heavy (non-hydrogen) atoms. The molecule has 1 fully saturated rings. The number of carbonyl (C=O) groups excluding carboxylic acids is 2. The summed E-state index contributed by atoms with van der Waals surface area (Å²) in [4.78, 5) is 25.4. The quantitative estimate of drug-likeness (QED) is 0.479. The molecule has 0 spiro atoms. The molecular formula is C10H17NO3. The minimum absolute atomic E-state index is 0.0185. The van der Waals surface area contributed by atoms with Gasteiger partial charge >= 0.3 is 5.97 Å². The molecule has 0 aromatic heterocycles. The van der Waals surface area contributed by atoms with Crippen LogP contribution in [0.15, 0.2) is 0 Å². The van der Waals surface area contributed by atoms with E-state index in [1.807, 2.05) is 18.9 Å². The van der Waals surface area contributed by atoms with Crippen LogP contribution in [0.4, 0.5) is 0 Å². The summed E-state index contributed by atoms with van der Waals surface area (Å²) in [5.74, 6) is -0.374. The third-order valence-corrected chi connectivity index (χ3v) is 2.97. The molecule has 1 aliphatic rings. The monoisotopic (exact) mass is 199 g/mol. The predicted octanol–water partition coefficient (Wildman–Crippen LogP) is 0.460. The van der Waals surface area contributed by atoms with E-state index in [-0.39, 0.29) is 5.78 Å². The normalized spacial score (nSPS) is 28.9. The van der Waals surface area contributed by atoms with Crippen LogP contribution in [0.5, 0.6) is 0 Å². The number of nitrogens with zero attached hydrogens (tertiary/aromatic N) is 1. The van der Waals surface area contributed by atoms with Crippen molar-refractivity contribution in [1.29, 1.82) is 0 Å². The molecule has 0 aliphatic carbocycles. The molecule has 1 atom stereocenters. The molecule has 4 nitrogen and oxygen atoms in total. The van der Waals surface area contributed by atoms with Crippen LogP contribution in [0.25, 0.3) is 0 Å². The highest BCUT2D eigenvalue weighted by Gasteiger charge is 2.47. The van der Waals surface area contributed by atoms with E-state index in [4.69, 9.17) is 4.74 Å². The summed E-state index contributed by atoms with van der Waals surface area (Å²) in [7, 11) is 3.25. The molecular weight excluding hydrogens is 182 g/mol. The van der Waals surface area contributed by atoms with Gasteiger partial charge in [-0.3, -0.25) is 9.59 Å². The lowest BCUT2D eigenvalue weighted by atomic mass is 9.76. The Morgan fingerprint density at radius 3 is 2.79 bits per heavy atom. The Balaban J connectivity index is 2.94. The Bertz CT molecular complexity index is 242. The van der Waals surface area contributed by atoms with Crippen LogP contribution in [0.1, 0.15) is 19.8 Å². The van der Waals surface area contributed by atoms with Crippen LogP contribution in [0.3, 0.4) is 0 Å². The summed E-state index contributed by atoms with van der Waals surface area (Å²) in [6.45, 7) is 3.07. The number of hydrogen-bond acceptors (Lipinski definition) is 4. The van der Waals surface area contributed by atoms with Crippen molar-refractivity contribution >= 4 is 11.8 Å². The van der Waals surface area contributed by atoms with Gasteiger partial charge in [-0.2, -0.15) is 0 Å². The first-order valence-corrected chi connectivity index (χ1v) is 4.87. The Morgan fingerprint density at radius 1 is 1.64 bits per heavy atom. The Morgan fingerprint density at radius 2 is 2.29 bits per heavy atom. The van der Waals surface area contributed by atoms with E-state index in [9.17, 15) is 9.59 Å². The van der Waals surface area contributed by atoms with E-state index in [0.717, 1.165) is 6.54 Å². The van der Waals surface area contributed by atoms with Crippen LogP contribution >= 0.6 is 0 Å². The lowest BCUT2D eigenvalue weighted by Gasteiger charge is -2.36. The number of piperidine rings is 1. The third kappa shape index (κ3) is 1.66. The first-order valence-electron chi connectivity index (χ1n) is 4.87. The highest BCUT2D eigenvalue weighted by Crippen LogP contribution is 2.30. The topological polar surface area (TPSA) is 46.6 Å². The zero-order valence-corrected chi connectivity index (χ0v) is 9.00. The largest absolute Gasteiger partial charge is 0.468 e. The molecule has 1 unspecified atom stereocenters. The second-order valence-electron chi connectivity index (χ2n) is 3.84. The number of rotatable bonds is 2. The molecule has 1 heterocycles. The number of esters is 1. The van der Waals surface area contributed by atoms with Gasteiger partial charge in [0.2, 0.25) is 0 Å². The van der Waals surface area contributed by atoms with Crippen LogP contribution in [-0.4, -0.2) is 43.9 Å². The maximum Gasteiger partial charge on any atom is 0.320 e. The van der Waals surface area contributed by atoms with E-state index in [2.05, 4.69) is 0 Å². The van der Waals surface area contributed by atoms with Crippen molar-refractivity contribution in [3.05, 3.63) is 0 Å². The van der Waals surface area contributed by atoms with Crippen LogP contribution in [0, 0.1) is 5.41 Å². The van der Waals surface area contributed by atoms with Gasteiger partial charge in [0, 0.05) is 19.5 Å². The Labute approximate surface area is 84.2 Å². The molecule has 0 aromatic carbocycles. The third-order valence-electron chi connectivity index (χ3n) is 2.97. The number of likely N-dealkylation sites (tertiary alicyclic amines) is 1. The second-order valence-corrected chi connectivity index (χ2v) is 3.84. The molecule has 0 saturated carbocycles. The van der Waals surface area contributed by atoms with Gasteiger partial charge in [-0.05, 0) is 13.5 Å². The first-order chi connectivity index (χ1) is 6.56. The Hall–Kier alpha value is -0.900. The fourth-order valence-electron chi connectivity index (χ4n) is 1.99. The van der Waals surface area contributed by atoms with Crippen LogP contribution in [-0.2, 0) is 14.3 Å². The van der Waals surface area contributed by atoms with Crippen LogP contribution in [0.2, 0.25) is 0 Å². The maximum atomic E-state index is 11.8. The van der Waals surface area contributed by atoms with Crippen molar-refractivity contribution < 1.29 is 14.3 Å². The fraction of sp³-hybridized carbons (Fsp3) is 0.800. The summed E-state index contributed by atoms with van der Waals surface area (Å²) >= 11 is 0. The van der Waals surface area contributed by atoms with E-state index < -0.39 is 11.4 Å². The second kappa shape index (κ2) is 4.09. The molecule has 0 bridgehead atoms. The molecule has 0 aromatic rings. The van der Waals surface area contributed by atoms with E-state index in [1.54, 1.807) is 0 Å². The lowest BCUT2D eigenvalue weighted by Crippen LogP contribution is -2.52. The maximum absolute atomic E-state index is 11.8. The highest BCUT2D eigenvalue weighted by atomic mass is 16.5. The zero-order chi connectivity index (χ0) is 10.8. The summed E-state index contributed by atoms with van der Waals surface area (Å²) in [6, 6.07) is 0. The average molecular weight is 199 g/mol. The summed E-state index contributed by atoms with van der Waals surface area (Å²) in [6.07, 6.45) is 0.961.